The van der Waals surface area contributed by atoms with E-state index in [4.69, 9.17) is 14.3 Å². The molecule has 5 rings (SSSR count). The van der Waals surface area contributed by atoms with E-state index in [1.807, 2.05) is 25.1 Å². The monoisotopic (exact) mass is 595 g/mol. The second-order valence-corrected chi connectivity index (χ2v) is 10.4. The third-order valence-electron chi connectivity index (χ3n) is 6.98. The van der Waals surface area contributed by atoms with Gasteiger partial charge >= 0.3 is 0 Å². The Labute approximate surface area is 249 Å². The van der Waals surface area contributed by atoms with Gasteiger partial charge in [-0.2, -0.15) is 0 Å². The number of hydrogen-bond acceptors (Lipinski definition) is 10. The zero-order chi connectivity index (χ0) is 30.3. The molecule has 2 aromatic carbocycles. The lowest BCUT2D eigenvalue weighted by Gasteiger charge is -2.31. The molecule has 1 aromatic heterocycles. The van der Waals surface area contributed by atoms with Crippen molar-refractivity contribution >= 4 is 34.6 Å². The highest BCUT2D eigenvalue weighted by molar-refractivity contribution is 6.02. The number of nitrogens with zero attached hydrogens (tertiary/aromatic N) is 5. The summed E-state index contributed by atoms with van der Waals surface area (Å²) >= 11 is 0. The smallest absolute Gasteiger partial charge is 0.248 e. The highest BCUT2D eigenvalue weighted by Gasteiger charge is 2.30. The number of rotatable bonds is 10. The number of anilines is 5. The van der Waals surface area contributed by atoms with Crippen LogP contribution in [0.25, 0.3) is 0 Å². The number of likely N-dealkylation sites (N-methyl/N-ethyl adjacent to an activating group) is 1. The number of methoxy groups -OCH3 is 1. The van der Waals surface area contributed by atoms with Gasteiger partial charge in [0, 0.05) is 50.3 Å². The quantitative estimate of drug-likeness (QED) is 0.330. The van der Waals surface area contributed by atoms with Crippen LogP contribution in [0.3, 0.4) is 0 Å². The summed E-state index contributed by atoms with van der Waals surface area (Å²) in [7, 11) is 5.42. The van der Waals surface area contributed by atoms with Crippen LogP contribution in [0.15, 0.2) is 54.9 Å². The minimum absolute atomic E-state index is 0.261. The van der Waals surface area contributed by atoms with Crippen LogP contribution in [0.5, 0.6) is 5.75 Å². The maximum atomic E-state index is 14.0. The van der Waals surface area contributed by atoms with Gasteiger partial charge in [-0.3, -0.25) is 9.63 Å². The highest BCUT2D eigenvalue weighted by Crippen LogP contribution is 2.40. The zero-order valence-corrected chi connectivity index (χ0v) is 24.3. The van der Waals surface area contributed by atoms with Crippen molar-refractivity contribution in [2.75, 3.05) is 81.3 Å². The number of nitrogens with one attached hydrogen (secondary N) is 2. The number of hydroxylamine groups is 1. The van der Waals surface area contributed by atoms with Crippen LogP contribution >= 0.6 is 0 Å². The number of amides is 1. The lowest BCUT2D eigenvalue weighted by Crippen LogP contribution is -2.36. The molecule has 13 heteroatoms. The Morgan fingerprint density at radius 3 is 2.56 bits per heavy atom. The summed E-state index contributed by atoms with van der Waals surface area (Å²) in [6, 6.07) is 8.33. The molecule has 0 bridgehead atoms. The maximum absolute atomic E-state index is 14.0. The maximum Gasteiger partial charge on any atom is 0.248 e. The molecule has 0 spiro atoms. The number of carbonyl (C=O) groups is 1. The van der Waals surface area contributed by atoms with Gasteiger partial charge in [0.15, 0.2) is 5.82 Å². The molecule has 0 radical (unpaired) electrons. The fourth-order valence-electron chi connectivity index (χ4n) is 4.99. The van der Waals surface area contributed by atoms with E-state index in [-0.39, 0.29) is 5.91 Å². The van der Waals surface area contributed by atoms with Gasteiger partial charge < -0.3 is 29.9 Å². The molecule has 2 aliphatic rings. The summed E-state index contributed by atoms with van der Waals surface area (Å²) in [4.78, 5) is 31.4. The third kappa shape index (κ3) is 7.55. The predicted octanol–water partition coefficient (Wildman–Crippen LogP) is 4.28. The van der Waals surface area contributed by atoms with Gasteiger partial charge in [0.2, 0.25) is 5.91 Å². The first kappa shape index (κ1) is 30.1. The van der Waals surface area contributed by atoms with Crippen LogP contribution in [0.1, 0.15) is 18.0 Å². The number of halogens is 2. The van der Waals surface area contributed by atoms with E-state index in [0.717, 1.165) is 11.8 Å². The van der Waals surface area contributed by atoms with Gasteiger partial charge in [-0.15, -0.1) is 0 Å². The largest absolute Gasteiger partial charge is 0.494 e. The average molecular weight is 596 g/mol. The van der Waals surface area contributed by atoms with E-state index < -0.39 is 17.7 Å². The van der Waals surface area contributed by atoms with E-state index in [1.54, 1.807) is 25.3 Å². The number of ether oxygens (including phenoxy) is 2. The Bertz CT molecular complexity index is 1450. The van der Waals surface area contributed by atoms with Crippen LogP contribution < -0.4 is 25.3 Å². The lowest BCUT2D eigenvalue weighted by atomic mass is 10.0. The SMILES string of the molecule is COc1cc(N2CCOCC2)c(NC(=O)/C=C/CN(C)C)cc1Nc1cc(N2OCCC2c2cc(F)cc(F)c2)ncn1. The summed E-state index contributed by atoms with van der Waals surface area (Å²) in [5.74, 6) is -0.208. The topological polar surface area (TPSA) is 104 Å². The fraction of sp³-hybridized carbons (Fsp3) is 0.367. The number of aromatic nitrogens is 2. The van der Waals surface area contributed by atoms with Crippen molar-refractivity contribution in [2.45, 2.75) is 12.5 Å². The first-order chi connectivity index (χ1) is 20.8. The van der Waals surface area contributed by atoms with Gasteiger partial charge in [0.05, 0.1) is 50.0 Å². The molecule has 2 aliphatic heterocycles. The Balaban J connectivity index is 1.43. The Kier molecular flexibility index (Phi) is 9.65. The van der Waals surface area contributed by atoms with E-state index >= 15 is 0 Å². The second kappa shape index (κ2) is 13.8. The van der Waals surface area contributed by atoms with Gasteiger partial charge in [-0.05, 0) is 37.9 Å². The van der Waals surface area contributed by atoms with Gasteiger partial charge in [0.1, 0.15) is 29.5 Å². The fourth-order valence-corrected chi connectivity index (χ4v) is 4.99. The molecular formula is C30H35F2N7O4. The molecule has 3 aromatic rings. The van der Waals surface area contributed by atoms with E-state index in [9.17, 15) is 13.6 Å². The summed E-state index contributed by atoms with van der Waals surface area (Å²) < 4.78 is 39.2. The van der Waals surface area contributed by atoms with Crippen molar-refractivity contribution in [3.05, 3.63) is 72.1 Å². The van der Waals surface area contributed by atoms with Gasteiger partial charge in [-0.1, -0.05) is 6.08 Å². The first-order valence-electron chi connectivity index (χ1n) is 13.9. The number of hydrogen-bond donors (Lipinski definition) is 2. The molecule has 2 fully saturated rings. The third-order valence-corrected chi connectivity index (χ3v) is 6.98. The van der Waals surface area contributed by atoms with Crippen molar-refractivity contribution in [1.29, 1.82) is 0 Å². The van der Waals surface area contributed by atoms with Gasteiger partial charge in [-0.25, -0.2) is 23.8 Å². The van der Waals surface area contributed by atoms with E-state index in [0.29, 0.717) is 80.2 Å². The first-order valence-corrected chi connectivity index (χ1v) is 13.9. The highest BCUT2D eigenvalue weighted by atomic mass is 19.1. The van der Waals surface area contributed by atoms with Crippen molar-refractivity contribution in [3.63, 3.8) is 0 Å². The summed E-state index contributed by atoms with van der Waals surface area (Å²) in [5, 5.41) is 7.80. The zero-order valence-electron chi connectivity index (χ0n) is 24.3. The standard InChI is InChI=1S/C30H35F2N7O4/c1-37(2)7-4-5-30(40)36-23-16-24(27(41-3)17-26(23)38-8-11-42-12-9-38)35-28-18-29(34-19-33-28)39-25(6-10-43-39)20-13-21(31)15-22(32)14-20/h4-5,13-19,25H,6-12H2,1-3H3,(H,36,40)(H,33,34,35)/b5-4+. The molecule has 0 saturated carbocycles. The number of benzene rings is 2. The van der Waals surface area contributed by atoms with Crippen LogP contribution in [0.4, 0.5) is 37.5 Å². The minimum atomic E-state index is -0.657. The molecule has 1 atom stereocenters. The van der Waals surface area contributed by atoms with Crippen molar-refractivity contribution < 1.29 is 27.9 Å². The summed E-state index contributed by atoms with van der Waals surface area (Å²) in [6.07, 6.45) is 5.20. The Morgan fingerprint density at radius 2 is 1.84 bits per heavy atom. The molecule has 2 N–H and O–H groups in total. The number of carbonyl (C=O) groups excluding carboxylic acids is 1. The Hall–Kier alpha value is -4.33. The molecule has 1 unspecified atom stereocenters. The second-order valence-electron chi connectivity index (χ2n) is 10.4. The molecule has 3 heterocycles. The van der Waals surface area contributed by atoms with E-state index in [1.165, 1.54) is 29.6 Å². The van der Waals surface area contributed by atoms with E-state index in [2.05, 4.69) is 25.5 Å². The predicted molar refractivity (Wildman–Crippen MR) is 160 cm³/mol. The van der Waals surface area contributed by atoms with Crippen molar-refractivity contribution in [2.24, 2.45) is 0 Å². The van der Waals surface area contributed by atoms with Crippen LogP contribution in [0.2, 0.25) is 0 Å². The molecule has 2 saturated heterocycles. The van der Waals surface area contributed by atoms with Crippen LogP contribution in [-0.2, 0) is 14.4 Å². The summed E-state index contributed by atoms with van der Waals surface area (Å²) in [5.41, 5.74) is 2.40. The van der Waals surface area contributed by atoms with Crippen LogP contribution in [0, 0.1) is 11.6 Å². The average Bonchev–Trinajstić information content (AvgIpc) is 3.48. The number of morpholine rings is 1. The van der Waals surface area contributed by atoms with Gasteiger partial charge in [0.25, 0.3) is 0 Å². The molecule has 228 valence electrons. The minimum Gasteiger partial charge on any atom is -0.494 e. The van der Waals surface area contributed by atoms with Crippen LogP contribution in [-0.4, -0.2) is 81.4 Å². The van der Waals surface area contributed by atoms with Crippen molar-refractivity contribution in [1.82, 2.24) is 14.9 Å². The molecular weight excluding hydrogens is 560 g/mol. The summed E-state index contributed by atoms with van der Waals surface area (Å²) in [6.45, 7) is 3.46. The van der Waals surface area contributed by atoms with Crippen molar-refractivity contribution in [3.8, 4) is 5.75 Å². The molecule has 0 aliphatic carbocycles. The molecule has 43 heavy (non-hydrogen) atoms. The normalized spacial score (nSPS) is 17.1. The molecule has 1 amide bonds. The Morgan fingerprint density at radius 1 is 1.07 bits per heavy atom. The lowest BCUT2D eigenvalue weighted by molar-refractivity contribution is -0.111. The molecule has 11 nitrogen and oxygen atoms in total.